The summed E-state index contributed by atoms with van der Waals surface area (Å²) in [6.45, 7) is 9.14. The quantitative estimate of drug-likeness (QED) is 0.842. The van der Waals surface area contributed by atoms with Crippen LogP contribution in [0.3, 0.4) is 0 Å². The summed E-state index contributed by atoms with van der Waals surface area (Å²) >= 11 is 1.72. The van der Waals surface area contributed by atoms with Crippen LogP contribution in [-0.4, -0.2) is 42.2 Å². The van der Waals surface area contributed by atoms with Crippen LogP contribution in [0.15, 0.2) is 29.6 Å². The first kappa shape index (κ1) is 21.2. The van der Waals surface area contributed by atoms with E-state index in [0.29, 0.717) is 12.6 Å². The lowest BCUT2D eigenvalue weighted by Crippen LogP contribution is -2.49. The van der Waals surface area contributed by atoms with Crippen LogP contribution in [0.2, 0.25) is 0 Å². The van der Waals surface area contributed by atoms with Crippen molar-refractivity contribution in [3.05, 3.63) is 35.3 Å². The zero-order chi connectivity index (χ0) is 15.4. The fraction of sp³-hybridized carbons (Fsp3) is 0.471. The highest BCUT2D eigenvalue weighted by atomic mass is 35.5. The van der Waals surface area contributed by atoms with E-state index >= 15 is 0 Å². The maximum atomic E-state index is 5.48. The molecule has 3 rings (SSSR count). The summed E-state index contributed by atoms with van der Waals surface area (Å²) in [5, 5.41) is 6.69. The van der Waals surface area contributed by atoms with Gasteiger partial charge >= 0.3 is 0 Å². The van der Waals surface area contributed by atoms with Crippen molar-refractivity contribution < 1.29 is 4.74 Å². The zero-order valence-electron chi connectivity index (χ0n) is 14.0. The lowest BCUT2D eigenvalue weighted by atomic mass is 10.2. The minimum atomic E-state index is 0. The van der Waals surface area contributed by atoms with Crippen LogP contribution in [0, 0.1) is 0 Å². The van der Waals surface area contributed by atoms with Gasteiger partial charge in [0.1, 0.15) is 10.8 Å². The molecule has 134 valence electrons. The van der Waals surface area contributed by atoms with Crippen molar-refractivity contribution in [2.75, 3.05) is 26.2 Å². The first-order valence-electron chi connectivity index (χ1n) is 7.88. The second kappa shape index (κ2) is 10.2. The van der Waals surface area contributed by atoms with Crippen molar-refractivity contribution in [2.45, 2.75) is 26.4 Å². The van der Waals surface area contributed by atoms with E-state index in [0.717, 1.165) is 42.5 Å². The summed E-state index contributed by atoms with van der Waals surface area (Å²) < 4.78 is 5.48. The van der Waals surface area contributed by atoms with Gasteiger partial charge < -0.3 is 10.1 Å². The lowest BCUT2D eigenvalue weighted by molar-refractivity contribution is 0.164. The largest absolute Gasteiger partial charge is 0.494 e. The van der Waals surface area contributed by atoms with Gasteiger partial charge in [0, 0.05) is 43.2 Å². The summed E-state index contributed by atoms with van der Waals surface area (Å²) in [4.78, 5) is 7.29. The van der Waals surface area contributed by atoms with Gasteiger partial charge in [0.2, 0.25) is 0 Å². The summed E-state index contributed by atoms with van der Waals surface area (Å²) in [7, 11) is 0. The van der Waals surface area contributed by atoms with Crippen LogP contribution in [0.1, 0.15) is 19.5 Å². The van der Waals surface area contributed by atoms with Crippen LogP contribution in [0.25, 0.3) is 10.6 Å². The second-order valence-corrected chi connectivity index (χ2v) is 6.48. The van der Waals surface area contributed by atoms with Gasteiger partial charge in [0.15, 0.2) is 0 Å². The lowest BCUT2D eigenvalue weighted by Gasteiger charge is -2.33. The van der Waals surface area contributed by atoms with E-state index in [1.165, 1.54) is 5.69 Å². The third-order valence-electron chi connectivity index (χ3n) is 3.97. The van der Waals surface area contributed by atoms with Crippen molar-refractivity contribution >= 4 is 36.2 Å². The third kappa shape index (κ3) is 5.33. The fourth-order valence-corrected chi connectivity index (χ4v) is 3.52. The Hall–Kier alpha value is -0.850. The molecule has 1 aromatic heterocycles. The summed E-state index contributed by atoms with van der Waals surface area (Å²) in [5.41, 5.74) is 2.33. The monoisotopic (exact) mass is 389 g/mol. The number of thiazole rings is 1. The first-order valence-corrected chi connectivity index (χ1v) is 8.76. The van der Waals surface area contributed by atoms with Crippen LogP contribution < -0.4 is 10.1 Å². The topological polar surface area (TPSA) is 37.4 Å². The predicted octanol–water partition coefficient (Wildman–Crippen LogP) is 3.85. The van der Waals surface area contributed by atoms with E-state index in [1.807, 2.05) is 19.1 Å². The highest BCUT2D eigenvalue weighted by Crippen LogP contribution is 2.26. The first-order chi connectivity index (χ1) is 10.8. The minimum absolute atomic E-state index is 0. The Kier molecular flexibility index (Phi) is 9.02. The molecule has 2 heterocycles. The number of hydrogen-bond donors (Lipinski definition) is 1. The van der Waals surface area contributed by atoms with Crippen molar-refractivity contribution in [2.24, 2.45) is 0 Å². The molecule has 2 aromatic rings. The molecule has 1 aliphatic rings. The molecular formula is C17H25Cl2N3OS. The number of aromatic nitrogens is 1. The Morgan fingerprint density at radius 2 is 2.04 bits per heavy atom. The predicted molar refractivity (Wildman–Crippen MR) is 106 cm³/mol. The molecule has 0 aliphatic carbocycles. The van der Waals surface area contributed by atoms with Gasteiger partial charge in [-0.15, -0.1) is 36.2 Å². The van der Waals surface area contributed by atoms with Crippen molar-refractivity contribution in [3.8, 4) is 16.3 Å². The molecule has 4 nitrogen and oxygen atoms in total. The number of nitrogens with zero attached hydrogens (tertiary/aromatic N) is 2. The maximum absolute atomic E-state index is 5.48. The zero-order valence-corrected chi connectivity index (χ0v) is 16.5. The number of ether oxygens (including phenoxy) is 1. The molecule has 0 radical (unpaired) electrons. The van der Waals surface area contributed by atoms with E-state index in [-0.39, 0.29) is 24.8 Å². The highest BCUT2D eigenvalue weighted by molar-refractivity contribution is 7.13. The number of hydrogen-bond acceptors (Lipinski definition) is 5. The molecule has 1 N–H and O–H groups in total. The molecule has 0 amide bonds. The Bertz CT molecular complexity index is 606. The van der Waals surface area contributed by atoms with Gasteiger partial charge in [-0.2, -0.15) is 0 Å². The van der Waals surface area contributed by atoms with Crippen LogP contribution >= 0.6 is 36.2 Å². The van der Waals surface area contributed by atoms with Gasteiger partial charge in [-0.1, -0.05) is 0 Å². The molecule has 0 bridgehead atoms. The molecule has 0 spiro atoms. The SMILES string of the molecule is CCOc1ccc(-c2nc(CN3CCNC[C@@H]3C)cs2)cc1.Cl.Cl. The van der Waals surface area contributed by atoms with Crippen LogP contribution in [-0.2, 0) is 6.54 Å². The number of halogens is 2. The minimum Gasteiger partial charge on any atom is -0.494 e. The standard InChI is InChI=1S/C17H23N3OS.2ClH/c1-3-21-16-6-4-14(5-7-16)17-19-15(12-22-17)11-20-9-8-18-10-13(20)2;;/h4-7,12-13,18H,3,8-11H2,1-2H3;2*1H/t13-;;/m0../s1. The van der Waals surface area contributed by atoms with Crippen molar-refractivity contribution in [1.29, 1.82) is 0 Å². The molecule has 0 unspecified atom stereocenters. The van der Waals surface area contributed by atoms with Gasteiger partial charge in [0.25, 0.3) is 0 Å². The molecule has 1 saturated heterocycles. The molecule has 24 heavy (non-hydrogen) atoms. The van der Waals surface area contributed by atoms with Gasteiger partial charge in [0.05, 0.1) is 12.3 Å². The molecule has 0 saturated carbocycles. The summed E-state index contributed by atoms with van der Waals surface area (Å²) in [6, 6.07) is 8.77. The van der Waals surface area contributed by atoms with E-state index < -0.39 is 0 Å². The third-order valence-corrected chi connectivity index (χ3v) is 4.91. The average molecular weight is 390 g/mol. The molecule has 1 atom stereocenters. The van der Waals surface area contributed by atoms with E-state index in [9.17, 15) is 0 Å². The Balaban J connectivity index is 0.00000144. The fourth-order valence-electron chi connectivity index (χ4n) is 2.70. The molecule has 1 fully saturated rings. The Labute approximate surface area is 160 Å². The Morgan fingerprint density at radius 1 is 1.29 bits per heavy atom. The van der Waals surface area contributed by atoms with E-state index in [2.05, 4.69) is 34.7 Å². The number of benzene rings is 1. The maximum Gasteiger partial charge on any atom is 0.123 e. The van der Waals surface area contributed by atoms with Gasteiger partial charge in [-0.3, -0.25) is 4.90 Å². The van der Waals surface area contributed by atoms with Gasteiger partial charge in [-0.05, 0) is 38.1 Å². The van der Waals surface area contributed by atoms with Gasteiger partial charge in [-0.25, -0.2) is 4.98 Å². The summed E-state index contributed by atoms with van der Waals surface area (Å²) in [6.07, 6.45) is 0. The summed E-state index contributed by atoms with van der Waals surface area (Å²) in [5.74, 6) is 0.915. The van der Waals surface area contributed by atoms with Crippen LogP contribution in [0.4, 0.5) is 0 Å². The number of piperazine rings is 1. The highest BCUT2D eigenvalue weighted by Gasteiger charge is 2.19. The Morgan fingerprint density at radius 3 is 2.71 bits per heavy atom. The normalized spacial score (nSPS) is 17.7. The van der Waals surface area contributed by atoms with Crippen LogP contribution in [0.5, 0.6) is 5.75 Å². The molecule has 1 aliphatic heterocycles. The molecule has 7 heteroatoms. The average Bonchev–Trinajstić information content (AvgIpc) is 2.99. The molecule has 1 aromatic carbocycles. The smallest absolute Gasteiger partial charge is 0.123 e. The number of nitrogens with one attached hydrogen (secondary N) is 1. The second-order valence-electron chi connectivity index (χ2n) is 5.63. The van der Waals surface area contributed by atoms with E-state index in [4.69, 9.17) is 9.72 Å². The number of rotatable bonds is 5. The van der Waals surface area contributed by atoms with E-state index in [1.54, 1.807) is 11.3 Å². The van der Waals surface area contributed by atoms with Crippen molar-refractivity contribution in [1.82, 2.24) is 15.2 Å². The molecular weight excluding hydrogens is 365 g/mol. The van der Waals surface area contributed by atoms with Crippen molar-refractivity contribution in [3.63, 3.8) is 0 Å².